The summed E-state index contributed by atoms with van der Waals surface area (Å²) in [6.07, 6.45) is 0. The van der Waals surface area contributed by atoms with E-state index in [9.17, 15) is 4.79 Å². The van der Waals surface area contributed by atoms with Crippen LogP contribution in [0.25, 0.3) is 56.0 Å². The Balaban J connectivity index is 1.62. The summed E-state index contributed by atoms with van der Waals surface area (Å²) < 4.78 is 3.24. The molecular weight excluding hydrogens is 482 g/mol. The number of benzene rings is 4. The summed E-state index contributed by atoms with van der Waals surface area (Å²) >= 11 is 6.51. The Morgan fingerprint density at radius 2 is 1.16 bits per heavy atom. The molecule has 0 atom stereocenters. The van der Waals surface area contributed by atoms with E-state index < -0.39 is 0 Å². The largest absolute Gasteiger partial charge is 0.340 e. The summed E-state index contributed by atoms with van der Waals surface area (Å²) in [6.45, 7) is 0. The molecule has 3 heterocycles. The average molecular weight is 500 g/mol. The van der Waals surface area contributed by atoms with E-state index in [0.29, 0.717) is 22.2 Å². The molecule has 176 valence electrons. The van der Waals surface area contributed by atoms with Gasteiger partial charge in [0.2, 0.25) is 5.95 Å². The van der Waals surface area contributed by atoms with Crippen LogP contribution in [0.5, 0.6) is 0 Å². The van der Waals surface area contributed by atoms with Crippen LogP contribution in [0.15, 0.2) is 114 Å². The number of rotatable bonds is 3. The van der Waals surface area contributed by atoms with Gasteiger partial charge in [-0.3, -0.25) is 4.40 Å². The van der Waals surface area contributed by atoms with E-state index in [4.69, 9.17) is 26.6 Å². The Morgan fingerprint density at radius 1 is 0.568 bits per heavy atom. The molecule has 0 spiro atoms. The van der Waals surface area contributed by atoms with Crippen LogP contribution < -0.4 is 5.69 Å². The SMILES string of the molecule is O=c1n(-c2nc(-c3ccccc3)nc(-c3ccccc3)n2)c2ccccc2c2cc3c(Cl)cccc3n12. The highest BCUT2D eigenvalue weighted by Gasteiger charge is 2.19. The van der Waals surface area contributed by atoms with Gasteiger partial charge >= 0.3 is 5.69 Å². The lowest BCUT2D eigenvalue weighted by Gasteiger charge is -2.13. The predicted octanol–water partition coefficient (Wildman–Crippen LogP) is 6.57. The maximum atomic E-state index is 14.2. The van der Waals surface area contributed by atoms with E-state index in [2.05, 4.69) is 0 Å². The maximum absolute atomic E-state index is 14.2. The lowest BCUT2D eigenvalue weighted by Crippen LogP contribution is -2.27. The molecule has 37 heavy (non-hydrogen) atoms. The minimum Gasteiger partial charge on any atom is -0.261 e. The van der Waals surface area contributed by atoms with Crippen molar-refractivity contribution in [2.75, 3.05) is 0 Å². The molecule has 3 aromatic heterocycles. The van der Waals surface area contributed by atoms with E-state index in [-0.39, 0.29) is 11.6 Å². The van der Waals surface area contributed by atoms with Crippen molar-refractivity contribution in [3.05, 3.63) is 125 Å². The highest BCUT2D eigenvalue weighted by molar-refractivity contribution is 6.35. The third-order valence-corrected chi connectivity index (χ3v) is 6.81. The molecule has 7 rings (SSSR count). The van der Waals surface area contributed by atoms with E-state index in [1.807, 2.05) is 109 Å². The van der Waals surface area contributed by atoms with Gasteiger partial charge in [-0.05, 0) is 24.3 Å². The van der Waals surface area contributed by atoms with Gasteiger partial charge in [-0.2, -0.15) is 9.97 Å². The monoisotopic (exact) mass is 499 g/mol. The maximum Gasteiger partial charge on any atom is 0.340 e. The predicted molar refractivity (Wildman–Crippen MR) is 147 cm³/mol. The van der Waals surface area contributed by atoms with Gasteiger partial charge in [0, 0.05) is 26.9 Å². The van der Waals surface area contributed by atoms with Gasteiger partial charge in [0.25, 0.3) is 0 Å². The van der Waals surface area contributed by atoms with Crippen molar-refractivity contribution in [1.82, 2.24) is 23.9 Å². The summed E-state index contributed by atoms with van der Waals surface area (Å²) in [5, 5.41) is 2.29. The van der Waals surface area contributed by atoms with Gasteiger partial charge in [0.15, 0.2) is 11.6 Å². The van der Waals surface area contributed by atoms with Crippen molar-refractivity contribution in [3.63, 3.8) is 0 Å². The summed E-state index contributed by atoms with van der Waals surface area (Å²) in [4.78, 5) is 28.6. The second-order valence-corrected chi connectivity index (χ2v) is 9.09. The second kappa shape index (κ2) is 8.40. The normalized spacial score (nSPS) is 11.5. The zero-order valence-corrected chi connectivity index (χ0v) is 20.2. The van der Waals surface area contributed by atoms with E-state index in [1.54, 1.807) is 8.97 Å². The fourth-order valence-corrected chi connectivity index (χ4v) is 5.00. The Kier molecular flexibility index (Phi) is 4.87. The third kappa shape index (κ3) is 3.42. The zero-order chi connectivity index (χ0) is 24.9. The summed E-state index contributed by atoms with van der Waals surface area (Å²) in [5.74, 6) is 1.22. The van der Waals surface area contributed by atoms with Crippen LogP contribution in [0.2, 0.25) is 5.02 Å². The van der Waals surface area contributed by atoms with Crippen LogP contribution in [0.1, 0.15) is 0 Å². The average Bonchev–Trinajstić information content (AvgIpc) is 3.36. The van der Waals surface area contributed by atoms with Crippen molar-refractivity contribution < 1.29 is 0 Å². The molecule has 0 amide bonds. The number of hydrogen-bond donors (Lipinski definition) is 0. The van der Waals surface area contributed by atoms with Crippen LogP contribution >= 0.6 is 11.6 Å². The first kappa shape index (κ1) is 21.5. The Labute approximate surface area is 216 Å². The minimum absolute atomic E-state index is 0.250. The number of nitrogens with zero attached hydrogens (tertiary/aromatic N) is 5. The Hall–Kier alpha value is -4.81. The van der Waals surface area contributed by atoms with Crippen LogP contribution in [0.3, 0.4) is 0 Å². The van der Waals surface area contributed by atoms with E-state index >= 15 is 0 Å². The highest BCUT2D eigenvalue weighted by Crippen LogP contribution is 2.30. The van der Waals surface area contributed by atoms with Crippen LogP contribution in [-0.2, 0) is 0 Å². The first-order chi connectivity index (χ1) is 18.2. The molecule has 0 saturated carbocycles. The first-order valence-electron chi connectivity index (χ1n) is 11.8. The quantitative estimate of drug-likeness (QED) is 0.276. The molecule has 0 bridgehead atoms. The fourth-order valence-electron chi connectivity index (χ4n) is 4.78. The first-order valence-corrected chi connectivity index (χ1v) is 12.2. The molecule has 0 aliphatic rings. The number of fused-ring (bicyclic) bond motifs is 5. The molecule has 0 saturated heterocycles. The number of aromatic nitrogens is 5. The molecule has 0 aliphatic carbocycles. The molecule has 4 aromatic carbocycles. The fraction of sp³-hybridized carbons (Fsp3) is 0. The zero-order valence-electron chi connectivity index (χ0n) is 19.4. The van der Waals surface area contributed by atoms with Crippen LogP contribution in [0.4, 0.5) is 0 Å². The molecule has 0 unspecified atom stereocenters. The van der Waals surface area contributed by atoms with E-state index in [0.717, 1.165) is 32.9 Å². The van der Waals surface area contributed by atoms with Gasteiger partial charge in [-0.1, -0.05) is 96.5 Å². The molecule has 7 aromatic rings. The molecule has 0 fully saturated rings. The van der Waals surface area contributed by atoms with Crippen molar-refractivity contribution in [2.45, 2.75) is 0 Å². The number of halogens is 1. The minimum atomic E-state index is -0.282. The second-order valence-electron chi connectivity index (χ2n) is 8.69. The third-order valence-electron chi connectivity index (χ3n) is 6.48. The van der Waals surface area contributed by atoms with Gasteiger partial charge in [0.1, 0.15) is 0 Å². The Morgan fingerprint density at radius 3 is 1.84 bits per heavy atom. The van der Waals surface area contributed by atoms with Crippen LogP contribution in [-0.4, -0.2) is 23.9 Å². The lowest BCUT2D eigenvalue weighted by atomic mass is 10.2. The molecule has 7 heteroatoms. The smallest absolute Gasteiger partial charge is 0.261 e. The summed E-state index contributed by atoms with van der Waals surface area (Å²) in [7, 11) is 0. The number of hydrogen-bond acceptors (Lipinski definition) is 4. The van der Waals surface area contributed by atoms with Gasteiger partial charge < -0.3 is 0 Å². The van der Waals surface area contributed by atoms with Crippen molar-refractivity contribution in [1.29, 1.82) is 0 Å². The van der Waals surface area contributed by atoms with Crippen molar-refractivity contribution in [3.8, 4) is 28.7 Å². The van der Waals surface area contributed by atoms with Gasteiger partial charge in [-0.25, -0.2) is 14.3 Å². The molecule has 0 radical (unpaired) electrons. The molecular formula is C30H18ClN5O. The lowest BCUT2D eigenvalue weighted by molar-refractivity contribution is 0.853. The highest BCUT2D eigenvalue weighted by atomic mass is 35.5. The summed E-state index contributed by atoms with van der Waals surface area (Å²) in [6, 6.07) is 34.7. The Bertz CT molecular complexity index is 1960. The molecule has 0 N–H and O–H groups in total. The topological polar surface area (TPSA) is 65.1 Å². The van der Waals surface area contributed by atoms with Crippen molar-refractivity contribution >= 4 is 38.9 Å². The number of para-hydroxylation sites is 1. The van der Waals surface area contributed by atoms with E-state index in [1.165, 1.54) is 0 Å². The van der Waals surface area contributed by atoms with Gasteiger partial charge in [0.05, 0.1) is 16.6 Å². The molecule has 0 aliphatic heterocycles. The summed E-state index contributed by atoms with van der Waals surface area (Å²) in [5.41, 5.74) is 3.59. The van der Waals surface area contributed by atoms with Crippen LogP contribution in [0, 0.1) is 0 Å². The van der Waals surface area contributed by atoms with Gasteiger partial charge in [-0.15, -0.1) is 0 Å². The molecule has 6 nitrogen and oxygen atoms in total. The van der Waals surface area contributed by atoms with Crippen molar-refractivity contribution in [2.24, 2.45) is 0 Å². The standard InChI is InChI=1S/C30H18ClN5O/c31-23-15-9-17-25-22(23)18-26-21-14-7-8-16-24(21)36(30(37)35(25)26)29-33-27(19-10-3-1-4-11-19)32-28(34-29)20-12-5-2-6-13-20/h1-18H.